The zero-order valence-electron chi connectivity index (χ0n) is 8.22. The smallest absolute Gasteiger partial charge is 0.166 e. The van der Waals surface area contributed by atoms with Gasteiger partial charge in [0.15, 0.2) is 5.78 Å². The predicted octanol–water partition coefficient (Wildman–Crippen LogP) is 3.12. The second-order valence-corrected chi connectivity index (χ2v) is 3.95. The Bertz CT molecular complexity index is 367. The molecule has 1 aliphatic rings. The second-order valence-electron chi connectivity index (χ2n) is 3.95. The highest BCUT2D eigenvalue weighted by Gasteiger charge is 2.27. The molecule has 2 heteroatoms. The average molecular weight is 192 g/mol. The van der Waals surface area contributed by atoms with Gasteiger partial charge in [-0.1, -0.05) is 12.5 Å². The first-order valence-corrected chi connectivity index (χ1v) is 4.99. The molecule has 0 atom stereocenters. The lowest BCUT2D eigenvalue weighted by Gasteiger charge is -2.24. The van der Waals surface area contributed by atoms with E-state index in [2.05, 4.69) is 0 Å². The van der Waals surface area contributed by atoms with Crippen molar-refractivity contribution in [3.8, 4) is 0 Å². The van der Waals surface area contributed by atoms with Crippen LogP contribution >= 0.6 is 0 Å². The number of aryl methyl sites for hydroxylation is 1. The molecule has 0 aliphatic heterocycles. The maximum Gasteiger partial charge on any atom is 0.166 e. The molecule has 0 spiro atoms. The first-order chi connectivity index (χ1) is 6.68. The lowest BCUT2D eigenvalue weighted by molar-refractivity contribution is 0.0854. The van der Waals surface area contributed by atoms with Gasteiger partial charge in [-0.05, 0) is 37.5 Å². The summed E-state index contributed by atoms with van der Waals surface area (Å²) in [5.74, 6) is -0.0537. The standard InChI is InChI=1S/C12H13FO/c1-8-5-6-10(13)7-11(8)12(14)9-3-2-4-9/h5-7,9H,2-4H2,1H3. The van der Waals surface area contributed by atoms with Crippen LogP contribution in [0.5, 0.6) is 0 Å². The Labute approximate surface area is 82.9 Å². The third kappa shape index (κ3) is 1.57. The van der Waals surface area contributed by atoms with Crippen LogP contribution in [0.4, 0.5) is 4.39 Å². The van der Waals surface area contributed by atoms with E-state index in [0.29, 0.717) is 5.56 Å². The summed E-state index contributed by atoms with van der Waals surface area (Å²) in [4.78, 5) is 11.8. The topological polar surface area (TPSA) is 17.1 Å². The third-order valence-electron chi connectivity index (χ3n) is 2.94. The number of carbonyl (C=O) groups excluding carboxylic acids is 1. The molecule has 14 heavy (non-hydrogen) atoms. The summed E-state index contributed by atoms with van der Waals surface area (Å²) < 4.78 is 12.9. The monoisotopic (exact) mass is 192 g/mol. The number of halogens is 1. The zero-order chi connectivity index (χ0) is 10.1. The van der Waals surface area contributed by atoms with Crippen LogP contribution in [0.3, 0.4) is 0 Å². The number of rotatable bonds is 2. The van der Waals surface area contributed by atoms with Crippen LogP contribution in [0, 0.1) is 18.7 Å². The Morgan fingerprint density at radius 2 is 2.14 bits per heavy atom. The molecule has 1 nitrogen and oxygen atoms in total. The van der Waals surface area contributed by atoms with Crippen LogP contribution < -0.4 is 0 Å². The van der Waals surface area contributed by atoms with Crippen LogP contribution in [0.15, 0.2) is 18.2 Å². The molecule has 0 saturated heterocycles. The van der Waals surface area contributed by atoms with Gasteiger partial charge in [0.1, 0.15) is 5.82 Å². The summed E-state index contributed by atoms with van der Waals surface area (Å²) >= 11 is 0. The molecule has 2 rings (SSSR count). The Kier molecular flexibility index (Phi) is 2.36. The van der Waals surface area contributed by atoms with E-state index in [1.54, 1.807) is 6.07 Å². The van der Waals surface area contributed by atoms with Crippen molar-refractivity contribution in [2.24, 2.45) is 5.92 Å². The fraction of sp³-hybridized carbons (Fsp3) is 0.417. The van der Waals surface area contributed by atoms with Crippen LogP contribution in [0.2, 0.25) is 0 Å². The molecule has 74 valence electrons. The van der Waals surface area contributed by atoms with Gasteiger partial charge >= 0.3 is 0 Å². The number of benzene rings is 1. The van der Waals surface area contributed by atoms with Crippen molar-refractivity contribution in [1.29, 1.82) is 0 Å². The van der Waals surface area contributed by atoms with Gasteiger partial charge in [-0.3, -0.25) is 4.79 Å². The highest BCUT2D eigenvalue weighted by atomic mass is 19.1. The van der Waals surface area contributed by atoms with Crippen molar-refractivity contribution < 1.29 is 9.18 Å². The number of ketones is 1. The Morgan fingerprint density at radius 1 is 1.43 bits per heavy atom. The molecular weight excluding hydrogens is 179 g/mol. The van der Waals surface area contributed by atoms with Crippen molar-refractivity contribution in [2.75, 3.05) is 0 Å². The molecule has 0 radical (unpaired) electrons. The normalized spacial score (nSPS) is 16.4. The maximum atomic E-state index is 12.9. The van der Waals surface area contributed by atoms with E-state index >= 15 is 0 Å². The Balaban J connectivity index is 2.29. The maximum absolute atomic E-state index is 12.9. The van der Waals surface area contributed by atoms with Crippen molar-refractivity contribution in [2.45, 2.75) is 26.2 Å². The summed E-state index contributed by atoms with van der Waals surface area (Å²) in [6, 6.07) is 4.42. The van der Waals surface area contributed by atoms with Crippen molar-refractivity contribution in [1.82, 2.24) is 0 Å². The summed E-state index contributed by atoms with van der Waals surface area (Å²) in [5.41, 5.74) is 1.44. The van der Waals surface area contributed by atoms with Gasteiger partial charge in [-0.15, -0.1) is 0 Å². The van der Waals surface area contributed by atoms with E-state index in [1.165, 1.54) is 12.1 Å². The Morgan fingerprint density at radius 3 is 2.71 bits per heavy atom. The van der Waals surface area contributed by atoms with Crippen LogP contribution in [-0.2, 0) is 0 Å². The van der Waals surface area contributed by atoms with Gasteiger partial charge in [0, 0.05) is 11.5 Å². The van der Waals surface area contributed by atoms with Gasteiger partial charge in [-0.2, -0.15) is 0 Å². The lowest BCUT2D eigenvalue weighted by atomic mass is 9.79. The molecule has 0 amide bonds. The van der Waals surface area contributed by atoms with E-state index in [9.17, 15) is 9.18 Å². The van der Waals surface area contributed by atoms with Gasteiger partial charge in [0.05, 0.1) is 0 Å². The highest BCUT2D eigenvalue weighted by Crippen LogP contribution is 2.30. The minimum absolute atomic E-state index is 0.119. The molecular formula is C12H13FO. The zero-order valence-corrected chi connectivity index (χ0v) is 8.22. The lowest BCUT2D eigenvalue weighted by Crippen LogP contribution is -2.22. The quantitative estimate of drug-likeness (QED) is 0.658. The first kappa shape index (κ1) is 9.38. The minimum atomic E-state index is -0.321. The molecule has 1 fully saturated rings. The molecule has 1 saturated carbocycles. The second kappa shape index (κ2) is 3.52. The van der Waals surface area contributed by atoms with Gasteiger partial charge in [0.2, 0.25) is 0 Å². The van der Waals surface area contributed by atoms with Crippen LogP contribution in [0.1, 0.15) is 35.2 Å². The minimum Gasteiger partial charge on any atom is -0.294 e. The molecule has 1 aromatic rings. The largest absolute Gasteiger partial charge is 0.294 e. The third-order valence-corrected chi connectivity index (χ3v) is 2.94. The number of carbonyl (C=O) groups is 1. The Hall–Kier alpha value is -1.18. The van der Waals surface area contributed by atoms with Gasteiger partial charge < -0.3 is 0 Å². The SMILES string of the molecule is Cc1ccc(F)cc1C(=O)C1CCC1. The van der Waals surface area contributed by atoms with Crippen molar-refractivity contribution in [3.05, 3.63) is 35.1 Å². The fourth-order valence-electron chi connectivity index (χ4n) is 1.75. The average Bonchev–Trinajstić information content (AvgIpc) is 2.06. The summed E-state index contributed by atoms with van der Waals surface area (Å²) in [5, 5.41) is 0. The molecule has 1 aromatic carbocycles. The number of hydrogen-bond donors (Lipinski definition) is 0. The van der Waals surface area contributed by atoms with Gasteiger partial charge in [-0.25, -0.2) is 4.39 Å². The van der Waals surface area contributed by atoms with Crippen LogP contribution in [-0.4, -0.2) is 5.78 Å². The molecule has 0 bridgehead atoms. The first-order valence-electron chi connectivity index (χ1n) is 4.99. The van der Waals surface area contributed by atoms with Crippen LogP contribution in [0.25, 0.3) is 0 Å². The van der Waals surface area contributed by atoms with E-state index in [4.69, 9.17) is 0 Å². The molecule has 0 unspecified atom stereocenters. The van der Waals surface area contributed by atoms with E-state index in [-0.39, 0.29) is 17.5 Å². The number of Topliss-reactive ketones (excluding diaryl/α,β-unsaturated/α-hetero) is 1. The summed E-state index contributed by atoms with van der Waals surface area (Å²) in [6.45, 7) is 1.85. The van der Waals surface area contributed by atoms with Crippen molar-refractivity contribution in [3.63, 3.8) is 0 Å². The number of hydrogen-bond acceptors (Lipinski definition) is 1. The molecule has 0 N–H and O–H groups in total. The highest BCUT2D eigenvalue weighted by molar-refractivity contribution is 5.99. The molecule has 0 aromatic heterocycles. The fourth-order valence-corrected chi connectivity index (χ4v) is 1.75. The van der Waals surface area contributed by atoms with E-state index < -0.39 is 0 Å². The van der Waals surface area contributed by atoms with Gasteiger partial charge in [0.25, 0.3) is 0 Å². The predicted molar refractivity (Wildman–Crippen MR) is 52.8 cm³/mol. The summed E-state index contributed by atoms with van der Waals surface area (Å²) in [7, 11) is 0. The summed E-state index contributed by atoms with van der Waals surface area (Å²) in [6.07, 6.45) is 3.06. The van der Waals surface area contributed by atoms with Crippen molar-refractivity contribution >= 4 is 5.78 Å². The van der Waals surface area contributed by atoms with E-state index in [0.717, 1.165) is 24.8 Å². The molecule has 1 aliphatic carbocycles. The van der Waals surface area contributed by atoms with E-state index in [1.807, 2.05) is 6.92 Å². The molecule has 0 heterocycles.